The standard InChI is InChI=1S/C25H17ClN2O2S/c1-28-24-21(23(27-28)18-7-11-19(26)12-8-18)15-22(31-24)25(29)30-20-13-9-17(10-14-20)16-5-3-2-4-6-16/h2-15H,1H3. The van der Waals surface area contributed by atoms with E-state index in [-0.39, 0.29) is 5.97 Å². The van der Waals surface area contributed by atoms with Gasteiger partial charge in [-0.25, -0.2) is 4.79 Å². The zero-order valence-corrected chi connectivity index (χ0v) is 18.2. The highest BCUT2D eigenvalue weighted by atomic mass is 35.5. The van der Waals surface area contributed by atoms with E-state index in [1.54, 1.807) is 4.68 Å². The van der Waals surface area contributed by atoms with Crippen LogP contribution in [0.3, 0.4) is 0 Å². The second-order valence-corrected chi connectivity index (χ2v) is 8.56. The summed E-state index contributed by atoms with van der Waals surface area (Å²) in [4.78, 5) is 14.2. The Balaban J connectivity index is 1.40. The highest BCUT2D eigenvalue weighted by molar-refractivity contribution is 7.20. The van der Waals surface area contributed by atoms with Crippen LogP contribution in [-0.2, 0) is 7.05 Å². The maximum Gasteiger partial charge on any atom is 0.353 e. The third-order valence-corrected chi connectivity index (χ3v) is 6.44. The largest absolute Gasteiger partial charge is 0.422 e. The molecule has 0 unspecified atom stereocenters. The van der Waals surface area contributed by atoms with Crippen LogP contribution in [0, 0.1) is 0 Å². The first-order chi connectivity index (χ1) is 15.1. The highest BCUT2D eigenvalue weighted by Crippen LogP contribution is 2.34. The van der Waals surface area contributed by atoms with Crippen LogP contribution in [0.2, 0.25) is 5.02 Å². The SMILES string of the molecule is Cn1nc(-c2ccc(Cl)cc2)c2cc(C(=O)Oc3ccc(-c4ccccc4)cc3)sc21. The fourth-order valence-electron chi connectivity index (χ4n) is 3.47. The molecule has 31 heavy (non-hydrogen) atoms. The van der Waals surface area contributed by atoms with Crippen molar-refractivity contribution in [2.45, 2.75) is 0 Å². The first-order valence-corrected chi connectivity index (χ1v) is 10.9. The molecule has 6 heteroatoms. The molecule has 0 amide bonds. The van der Waals surface area contributed by atoms with E-state index in [4.69, 9.17) is 16.3 Å². The van der Waals surface area contributed by atoms with Crippen LogP contribution >= 0.6 is 22.9 Å². The maximum absolute atomic E-state index is 12.8. The first-order valence-electron chi connectivity index (χ1n) is 9.68. The molecule has 0 spiro atoms. The van der Waals surface area contributed by atoms with Gasteiger partial charge in [0.2, 0.25) is 0 Å². The average Bonchev–Trinajstić information content (AvgIpc) is 3.36. The summed E-state index contributed by atoms with van der Waals surface area (Å²) in [5.41, 5.74) is 3.95. The first kappa shape index (κ1) is 19.5. The molecule has 0 fully saturated rings. The summed E-state index contributed by atoms with van der Waals surface area (Å²) < 4.78 is 7.40. The molecule has 0 aliphatic carbocycles. The van der Waals surface area contributed by atoms with E-state index in [1.165, 1.54) is 11.3 Å². The Morgan fingerprint density at radius 3 is 2.26 bits per heavy atom. The van der Waals surface area contributed by atoms with Crippen molar-refractivity contribution in [3.05, 3.63) is 94.8 Å². The second kappa shape index (κ2) is 8.02. The topological polar surface area (TPSA) is 44.1 Å². The predicted octanol–water partition coefficient (Wildman–Crippen LogP) is 6.84. The Bertz CT molecular complexity index is 1370. The van der Waals surface area contributed by atoms with Crippen LogP contribution in [0.5, 0.6) is 5.75 Å². The van der Waals surface area contributed by atoms with Gasteiger partial charge in [-0.1, -0.05) is 66.2 Å². The molecule has 2 heterocycles. The van der Waals surface area contributed by atoms with Crippen LogP contribution in [0.4, 0.5) is 0 Å². The van der Waals surface area contributed by atoms with E-state index in [9.17, 15) is 4.79 Å². The molecular formula is C25H17ClN2O2S. The van der Waals surface area contributed by atoms with Gasteiger partial charge in [-0.2, -0.15) is 5.10 Å². The number of carbonyl (C=O) groups excluding carboxylic acids is 1. The van der Waals surface area contributed by atoms with Crippen molar-refractivity contribution in [3.8, 4) is 28.1 Å². The lowest BCUT2D eigenvalue weighted by Crippen LogP contribution is -2.06. The molecule has 5 rings (SSSR count). The number of ether oxygens (including phenoxy) is 1. The summed E-state index contributed by atoms with van der Waals surface area (Å²) in [5.74, 6) is 0.133. The van der Waals surface area contributed by atoms with Gasteiger partial charge in [-0.15, -0.1) is 11.3 Å². The smallest absolute Gasteiger partial charge is 0.353 e. The van der Waals surface area contributed by atoms with Crippen molar-refractivity contribution in [1.29, 1.82) is 0 Å². The van der Waals surface area contributed by atoms with Crippen LogP contribution in [0.25, 0.3) is 32.6 Å². The summed E-state index contributed by atoms with van der Waals surface area (Å²) in [6, 6.07) is 27.0. The molecule has 0 bridgehead atoms. The molecule has 152 valence electrons. The van der Waals surface area contributed by atoms with Gasteiger partial charge in [0, 0.05) is 23.0 Å². The second-order valence-electron chi connectivity index (χ2n) is 7.09. The number of fused-ring (bicyclic) bond motifs is 1. The number of nitrogens with zero attached hydrogens (tertiary/aromatic N) is 2. The zero-order valence-electron chi connectivity index (χ0n) is 16.6. The maximum atomic E-state index is 12.8. The lowest BCUT2D eigenvalue weighted by atomic mass is 10.1. The minimum atomic E-state index is -0.379. The third kappa shape index (κ3) is 3.85. The fourth-order valence-corrected chi connectivity index (χ4v) is 4.54. The van der Waals surface area contributed by atoms with E-state index in [0.29, 0.717) is 15.6 Å². The number of thiophene rings is 1. The summed E-state index contributed by atoms with van der Waals surface area (Å²) in [7, 11) is 1.87. The van der Waals surface area contributed by atoms with Crippen molar-refractivity contribution >= 4 is 39.1 Å². The Morgan fingerprint density at radius 1 is 0.903 bits per heavy atom. The van der Waals surface area contributed by atoms with Gasteiger partial charge in [0.25, 0.3) is 0 Å². The van der Waals surface area contributed by atoms with Crippen molar-refractivity contribution in [3.63, 3.8) is 0 Å². The van der Waals surface area contributed by atoms with E-state index in [0.717, 1.165) is 32.6 Å². The Labute approximate surface area is 188 Å². The van der Waals surface area contributed by atoms with Gasteiger partial charge in [0.1, 0.15) is 21.2 Å². The van der Waals surface area contributed by atoms with Gasteiger partial charge < -0.3 is 4.74 Å². The fraction of sp³-hybridized carbons (Fsp3) is 0.0400. The molecule has 0 saturated carbocycles. The minimum Gasteiger partial charge on any atom is -0.422 e. The zero-order chi connectivity index (χ0) is 21.4. The van der Waals surface area contributed by atoms with Gasteiger partial charge in [-0.3, -0.25) is 4.68 Å². The van der Waals surface area contributed by atoms with Crippen LogP contribution in [-0.4, -0.2) is 15.7 Å². The summed E-state index contributed by atoms with van der Waals surface area (Å²) in [5, 5.41) is 6.19. The molecule has 0 N–H and O–H groups in total. The molecule has 2 aromatic heterocycles. The molecule has 0 atom stereocenters. The molecule has 0 aliphatic heterocycles. The highest BCUT2D eigenvalue weighted by Gasteiger charge is 2.19. The van der Waals surface area contributed by atoms with Crippen molar-refractivity contribution in [2.75, 3.05) is 0 Å². The van der Waals surface area contributed by atoms with E-state index < -0.39 is 0 Å². The third-order valence-electron chi connectivity index (χ3n) is 5.00. The van der Waals surface area contributed by atoms with Gasteiger partial charge in [0.05, 0.1) is 0 Å². The summed E-state index contributed by atoms with van der Waals surface area (Å²) in [6.45, 7) is 0. The normalized spacial score (nSPS) is 11.0. The number of benzene rings is 3. The number of halogens is 1. The molecule has 4 nitrogen and oxygen atoms in total. The predicted molar refractivity (Wildman–Crippen MR) is 126 cm³/mol. The number of aromatic nitrogens is 2. The van der Waals surface area contributed by atoms with Gasteiger partial charge in [0.15, 0.2) is 0 Å². The van der Waals surface area contributed by atoms with Crippen LogP contribution < -0.4 is 4.74 Å². The van der Waals surface area contributed by atoms with E-state index in [1.807, 2.05) is 92.0 Å². The van der Waals surface area contributed by atoms with Crippen molar-refractivity contribution < 1.29 is 9.53 Å². The molecule has 0 aliphatic rings. The molecule has 5 aromatic rings. The Hall–Kier alpha value is -3.41. The number of carbonyl (C=O) groups is 1. The number of hydrogen-bond acceptors (Lipinski definition) is 4. The quantitative estimate of drug-likeness (QED) is 0.225. The number of rotatable bonds is 4. The number of hydrogen-bond donors (Lipinski definition) is 0. The Morgan fingerprint density at radius 2 is 1.55 bits per heavy atom. The van der Waals surface area contributed by atoms with Crippen LogP contribution in [0.15, 0.2) is 84.9 Å². The monoisotopic (exact) mass is 444 g/mol. The minimum absolute atomic E-state index is 0.379. The van der Waals surface area contributed by atoms with E-state index in [2.05, 4.69) is 5.10 Å². The molecular weight excluding hydrogens is 428 g/mol. The Kier molecular flexibility index (Phi) is 5.06. The van der Waals surface area contributed by atoms with E-state index >= 15 is 0 Å². The van der Waals surface area contributed by atoms with Crippen molar-refractivity contribution in [1.82, 2.24) is 9.78 Å². The van der Waals surface area contributed by atoms with Crippen molar-refractivity contribution in [2.24, 2.45) is 7.05 Å². The lowest BCUT2D eigenvalue weighted by molar-refractivity contribution is 0.0740. The number of esters is 1. The van der Waals surface area contributed by atoms with Crippen LogP contribution in [0.1, 0.15) is 9.67 Å². The van der Waals surface area contributed by atoms with Gasteiger partial charge in [-0.05, 0) is 41.5 Å². The number of aryl methyl sites for hydroxylation is 1. The molecule has 0 saturated heterocycles. The summed E-state index contributed by atoms with van der Waals surface area (Å²) in [6.07, 6.45) is 0. The lowest BCUT2D eigenvalue weighted by Gasteiger charge is -2.05. The average molecular weight is 445 g/mol. The molecule has 3 aromatic carbocycles. The molecule has 0 radical (unpaired) electrons. The summed E-state index contributed by atoms with van der Waals surface area (Å²) >= 11 is 7.37. The van der Waals surface area contributed by atoms with Gasteiger partial charge >= 0.3 is 5.97 Å².